The van der Waals surface area contributed by atoms with E-state index in [9.17, 15) is 4.39 Å². The lowest BCUT2D eigenvalue weighted by molar-refractivity contribution is 0.609. The molecular weight excluding hydrogens is 261 g/mol. The molecule has 0 radical (unpaired) electrons. The quantitative estimate of drug-likeness (QED) is 0.838. The maximum Gasteiger partial charge on any atom is 0.137 e. The summed E-state index contributed by atoms with van der Waals surface area (Å²) in [6.07, 6.45) is 2.06. The van der Waals surface area contributed by atoms with Crippen molar-refractivity contribution in [2.24, 2.45) is 7.05 Å². The second kappa shape index (κ2) is 4.10. The highest BCUT2D eigenvalue weighted by Gasteiger charge is 2.07. The smallest absolute Gasteiger partial charge is 0.137 e. The minimum atomic E-state index is -0.229. The zero-order chi connectivity index (χ0) is 10.8. The first kappa shape index (κ1) is 10.3. The fourth-order valence-corrected chi connectivity index (χ4v) is 1.64. The van der Waals surface area contributed by atoms with Gasteiger partial charge in [0.15, 0.2) is 0 Å². The molecule has 78 valence electrons. The molecule has 0 N–H and O–H groups in total. The van der Waals surface area contributed by atoms with Gasteiger partial charge in [-0.25, -0.2) is 4.39 Å². The van der Waals surface area contributed by atoms with E-state index in [1.54, 1.807) is 17.0 Å². The minimum Gasteiger partial charge on any atom is -0.320 e. The van der Waals surface area contributed by atoms with Crippen LogP contribution in [0.25, 0.3) is 0 Å². The Hall–Kier alpha value is -1.23. The number of nitrogens with zero attached hydrogens (tertiary/aromatic N) is 3. The summed E-state index contributed by atoms with van der Waals surface area (Å²) in [6.45, 7) is 0. The van der Waals surface area contributed by atoms with Crippen LogP contribution in [0.1, 0.15) is 11.4 Å². The van der Waals surface area contributed by atoms with Crippen molar-refractivity contribution in [3.8, 4) is 0 Å². The van der Waals surface area contributed by atoms with Crippen molar-refractivity contribution < 1.29 is 4.39 Å². The predicted octanol–water partition coefficient (Wildman–Crippen LogP) is 2.31. The van der Waals surface area contributed by atoms with Crippen molar-refractivity contribution in [2.45, 2.75) is 6.42 Å². The fourth-order valence-electron chi connectivity index (χ4n) is 1.30. The van der Waals surface area contributed by atoms with Crippen LogP contribution in [-0.2, 0) is 13.5 Å². The average Bonchev–Trinajstić information content (AvgIpc) is 2.57. The summed E-state index contributed by atoms with van der Waals surface area (Å²) in [5.74, 6) is 0.517. The van der Waals surface area contributed by atoms with E-state index in [4.69, 9.17) is 0 Å². The molecule has 0 atom stereocenters. The molecule has 0 aliphatic carbocycles. The van der Waals surface area contributed by atoms with E-state index in [-0.39, 0.29) is 5.82 Å². The first-order chi connectivity index (χ1) is 7.16. The molecule has 1 aromatic carbocycles. The van der Waals surface area contributed by atoms with Gasteiger partial charge in [0.2, 0.25) is 0 Å². The van der Waals surface area contributed by atoms with Crippen LogP contribution in [0.5, 0.6) is 0 Å². The summed E-state index contributed by atoms with van der Waals surface area (Å²) in [4.78, 5) is 0. The monoisotopic (exact) mass is 269 g/mol. The summed E-state index contributed by atoms with van der Waals surface area (Å²) in [5.41, 5.74) is 0.620. The van der Waals surface area contributed by atoms with Gasteiger partial charge in [0.1, 0.15) is 18.0 Å². The summed E-state index contributed by atoms with van der Waals surface area (Å²) < 4.78 is 16.0. The molecule has 0 fully saturated rings. The van der Waals surface area contributed by atoms with Crippen LogP contribution in [0.15, 0.2) is 29.0 Å². The third-order valence-corrected chi connectivity index (χ3v) is 2.66. The van der Waals surface area contributed by atoms with E-state index in [0.29, 0.717) is 12.0 Å². The molecule has 0 aliphatic rings. The molecule has 2 aromatic rings. The Kier molecular flexibility index (Phi) is 2.81. The molecule has 15 heavy (non-hydrogen) atoms. The van der Waals surface area contributed by atoms with Gasteiger partial charge < -0.3 is 4.57 Å². The second-order valence-corrected chi connectivity index (χ2v) is 4.19. The van der Waals surface area contributed by atoms with Crippen LogP contribution >= 0.6 is 15.9 Å². The number of hydrogen-bond acceptors (Lipinski definition) is 2. The SMILES string of the molecule is Cn1cnnc1Cc1ccc(Br)cc1F. The first-order valence-corrected chi connectivity index (χ1v) is 5.23. The molecule has 3 nitrogen and oxygen atoms in total. The molecule has 0 aliphatic heterocycles. The van der Waals surface area contributed by atoms with Crippen LogP contribution in [0.3, 0.4) is 0 Å². The Morgan fingerprint density at radius 1 is 1.47 bits per heavy atom. The Morgan fingerprint density at radius 3 is 2.87 bits per heavy atom. The molecule has 0 spiro atoms. The Bertz CT molecular complexity index is 481. The summed E-state index contributed by atoms with van der Waals surface area (Å²) >= 11 is 3.22. The van der Waals surface area contributed by atoms with Crippen LogP contribution in [-0.4, -0.2) is 14.8 Å². The molecule has 0 bridgehead atoms. The Balaban J connectivity index is 2.29. The van der Waals surface area contributed by atoms with Crippen molar-refractivity contribution >= 4 is 15.9 Å². The van der Waals surface area contributed by atoms with Crippen LogP contribution in [0.4, 0.5) is 4.39 Å². The minimum absolute atomic E-state index is 0.229. The zero-order valence-electron chi connectivity index (χ0n) is 8.11. The highest BCUT2D eigenvalue weighted by Crippen LogP contribution is 2.17. The van der Waals surface area contributed by atoms with Gasteiger partial charge in [-0.2, -0.15) is 0 Å². The van der Waals surface area contributed by atoms with E-state index in [0.717, 1.165) is 10.3 Å². The second-order valence-electron chi connectivity index (χ2n) is 3.27. The standard InChI is InChI=1S/C10H9BrFN3/c1-15-6-13-14-10(15)4-7-2-3-8(11)5-9(7)12/h2-3,5-6H,4H2,1H3. The Labute approximate surface area is 95.1 Å². The summed E-state index contributed by atoms with van der Waals surface area (Å²) in [6, 6.07) is 5.01. The van der Waals surface area contributed by atoms with Gasteiger partial charge in [-0.05, 0) is 17.7 Å². The molecule has 0 saturated heterocycles. The normalized spacial score (nSPS) is 10.6. The third kappa shape index (κ3) is 2.23. The summed E-state index contributed by atoms with van der Waals surface area (Å²) in [7, 11) is 1.84. The lowest BCUT2D eigenvalue weighted by Crippen LogP contribution is -2.00. The van der Waals surface area contributed by atoms with Gasteiger partial charge in [-0.3, -0.25) is 0 Å². The van der Waals surface area contributed by atoms with Crippen LogP contribution in [0, 0.1) is 5.82 Å². The lowest BCUT2D eigenvalue weighted by atomic mass is 10.1. The van der Waals surface area contributed by atoms with Crippen molar-refractivity contribution in [3.63, 3.8) is 0 Å². The molecule has 5 heteroatoms. The fraction of sp³-hybridized carbons (Fsp3) is 0.200. The predicted molar refractivity (Wildman–Crippen MR) is 57.9 cm³/mol. The van der Waals surface area contributed by atoms with E-state index < -0.39 is 0 Å². The maximum absolute atomic E-state index is 13.5. The largest absolute Gasteiger partial charge is 0.320 e. The van der Waals surface area contributed by atoms with Crippen molar-refractivity contribution in [1.82, 2.24) is 14.8 Å². The third-order valence-electron chi connectivity index (χ3n) is 2.17. The summed E-state index contributed by atoms with van der Waals surface area (Å²) in [5, 5.41) is 7.66. The van der Waals surface area contributed by atoms with Crippen molar-refractivity contribution in [3.05, 3.63) is 46.2 Å². The van der Waals surface area contributed by atoms with Gasteiger partial charge in [-0.15, -0.1) is 10.2 Å². The topological polar surface area (TPSA) is 30.7 Å². The highest BCUT2D eigenvalue weighted by atomic mass is 79.9. The molecule has 1 aromatic heterocycles. The van der Waals surface area contributed by atoms with Crippen LogP contribution < -0.4 is 0 Å². The number of rotatable bonds is 2. The number of halogens is 2. The van der Waals surface area contributed by atoms with E-state index in [2.05, 4.69) is 26.1 Å². The number of benzene rings is 1. The van der Waals surface area contributed by atoms with Gasteiger partial charge in [-0.1, -0.05) is 22.0 Å². The van der Waals surface area contributed by atoms with Crippen molar-refractivity contribution in [2.75, 3.05) is 0 Å². The molecule has 2 rings (SSSR count). The molecule has 1 heterocycles. The molecule has 0 amide bonds. The highest BCUT2D eigenvalue weighted by molar-refractivity contribution is 9.10. The van der Waals surface area contributed by atoms with E-state index in [1.165, 1.54) is 6.07 Å². The first-order valence-electron chi connectivity index (χ1n) is 4.43. The van der Waals surface area contributed by atoms with Gasteiger partial charge in [0.25, 0.3) is 0 Å². The number of hydrogen-bond donors (Lipinski definition) is 0. The zero-order valence-corrected chi connectivity index (χ0v) is 9.70. The molecular formula is C10H9BrFN3. The van der Waals surface area contributed by atoms with E-state index >= 15 is 0 Å². The number of aromatic nitrogens is 3. The average molecular weight is 270 g/mol. The van der Waals surface area contributed by atoms with Crippen LogP contribution in [0.2, 0.25) is 0 Å². The number of aryl methyl sites for hydroxylation is 1. The van der Waals surface area contributed by atoms with E-state index in [1.807, 2.05) is 13.1 Å². The van der Waals surface area contributed by atoms with Gasteiger partial charge >= 0.3 is 0 Å². The lowest BCUT2D eigenvalue weighted by Gasteiger charge is -2.02. The Morgan fingerprint density at radius 2 is 2.27 bits per heavy atom. The van der Waals surface area contributed by atoms with Gasteiger partial charge in [0.05, 0.1) is 0 Å². The molecule has 0 unspecified atom stereocenters. The maximum atomic E-state index is 13.5. The molecule has 0 saturated carbocycles. The van der Waals surface area contributed by atoms with Gasteiger partial charge in [0, 0.05) is 17.9 Å². The van der Waals surface area contributed by atoms with Crippen molar-refractivity contribution in [1.29, 1.82) is 0 Å².